The fraction of sp³-hybridized carbons (Fsp3) is 0.167. The van der Waals surface area contributed by atoms with Crippen LogP contribution in [0.15, 0.2) is 30.9 Å². The molecule has 1 N–H and O–H groups in total. The van der Waals surface area contributed by atoms with E-state index in [1.165, 1.54) is 12.1 Å². The van der Waals surface area contributed by atoms with Gasteiger partial charge in [-0.15, -0.1) is 6.58 Å². The number of aliphatic carboxylic acids is 1. The van der Waals surface area contributed by atoms with E-state index in [-0.39, 0.29) is 6.54 Å². The Hall–Kier alpha value is -2.24. The van der Waals surface area contributed by atoms with Crippen LogP contribution in [-0.2, 0) is 4.79 Å². The Morgan fingerprint density at radius 3 is 2.61 bits per heavy atom. The first kappa shape index (κ1) is 13.8. The summed E-state index contributed by atoms with van der Waals surface area (Å²) in [6, 6.07) is 3.15. The van der Waals surface area contributed by atoms with Crippen molar-refractivity contribution in [3.63, 3.8) is 0 Å². The van der Waals surface area contributed by atoms with Crippen molar-refractivity contribution >= 4 is 11.9 Å². The Morgan fingerprint density at radius 2 is 2.06 bits per heavy atom. The summed E-state index contributed by atoms with van der Waals surface area (Å²) in [6.45, 7) is 2.69. The highest BCUT2D eigenvalue weighted by molar-refractivity contribution is 5.96. The Morgan fingerprint density at radius 1 is 1.39 bits per heavy atom. The van der Waals surface area contributed by atoms with Gasteiger partial charge < -0.3 is 10.0 Å². The zero-order valence-corrected chi connectivity index (χ0v) is 9.40. The van der Waals surface area contributed by atoms with E-state index in [1.807, 2.05) is 0 Å². The van der Waals surface area contributed by atoms with Crippen LogP contribution in [0.4, 0.5) is 8.78 Å². The van der Waals surface area contributed by atoms with Crippen LogP contribution in [-0.4, -0.2) is 35.0 Å². The highest BCUT2D eigenvalue weighted by Gasteiger charge is 2.21. The molecule has 0 aliphatic rings. The largest absolute Gasteiger partial charge is 0.480 e. The second kappa shape index (κ2) is 5.90. The molecule has 96 valence electrons. The van der Waals surface area contributed by atoms with Crippen molar-refractivity contribution in [2.45, 2.75) is 0 Å². The molecular formula is C12H11F2NO3. The summed E-state index contributed by atoms with van der Waals surface area (Å²) in [6.07, 6.45) is 1.30. The summed E-state index contributed by atoms with van der Waals surface area (Å²) >= 11 is 0. The average Bonchev–Trinajstić information content (AvgIpc) is 2.31. The van der Waals surface area contributed by atoms with Crippen LogP contribution in [0.25, 0.3) is 0 Å². The molecule has 0 heterocycles. The van der Waals surface area contributed by atoms with Gasteiger partial charge in [0.1, 0.15) is 6.54 Å². The van der Waals surface area contributed by atoms with Gasteiger partial charge in [0.2, 0.25) is 0 Å². The van der Waals surface area contributed by atoms with Gasteiger partial charge in [0.05, 0.1) is 5.56 Å². The van der Waals surface area contributed by atoms with E-state index in [9.17, 15) is 18.4 Å². The van der Waals surface area contributed by atoms with Crippen LogP contribution >= 0.6 is 0 Å². The highest BCUT2D eigenvalue weighted by atomic mass is 19.2. The predicted octanol–water partition coefficient (Wildman–Crippen LogP) is 1.68. The van der Waals surface area contributed by atoms with Crippen LogP contribution in [0.5, 0.6) is 0 Å². The number of hydrogen-bond donors (Lipinski definition) is 1. The van der Waals surface area contributed by atoms with E-state index >= 15 is 0 Å². The van der Waals surface area contributed by atoms with Crippen LogP contribution in [0.2, 0.25) is 0 Å². The Labute approximate surface area is 102 Å². The molecule has 1 aromatic rings. The van der Waals surface area contributed by atoms with Gasteiger partial charge in [-0.2, -0.15) is 0 Å². The molecule has 18 heavy (non-hydrogen) atoms. The number of carboxylic acids is 1. The molecule has 0 unspecified atom stereocenters. The number of carboxylic acid groups (broad SMARTS) is 1. The topological polar surface area (TPSA) is 57.6 Å². The maximum atomic E-state index is 13.4. The van der Waals surface area contributed by atoms with Crippen molar-refractivity contribution < 1.29 is 23.5 Å². The molecule has 0 bridgehead atoms. The smallest absolute Gasteiger partial charge is 0.323 e. The molecule has 1 aromatic carbocycles. The third-order valence-electron chi connectivity index (χ3n) is 2.14. The molecule has 0 aliphatic carbocycles. The lowest BCUT2D eigenvalue weighted by Gasteiger charge is -2.19. The lowest BCUT2D eigenvalue weighted by atomic mass is 10.1. The molecule has 1 rings (SSSR count). The normalized spacial score (nSPS) is 9.89. The minimum Gasteiger partial charge on any atom is -0.480 e. The predicted molar refractivity (Wildman–Crippen MR) is 60.1 cm³/mol. The molecule has 0 aliphatic heterocycles. The van der Waals surface area contributed by atoms with Crippen molar-refractivity contribution in [2.24, 2.45) is 0 Å². The lowest BCUT2D eigenvalue weighted by molar-refractivity contribution is -0.137. The first-order chi connectivity index (χ1) is 8.47. The van der Waals surface area contributed by atoms with Crippen LogP contribution < -0.4 is 0 Å². The third-order valence-corrected chi connectivity index (χ3v) is 2.14. The van der Waals surface area contributed by atoms with E-state index in [0.717, 1.165) is 17.0 Å². The van der Waals surface area contributed by atoms with Crippen LogP contribution in [0.3, 0.4) is 0 Å². The SMILES string of the molecule is C=CCN(CC(=O)O)C(=O)c1cccc(F)c1F. The van der Waals surface area contributed by atoms with Crippen LogP contribution in [0.1, 0.15) is 10.4 Å². The quantitative estimate of drug-likeness (QED) is 0.814. The van der Waals surface area contributed by atoms with Crippen molar-refractivity contribution in [1.82, 2.24) is 4.90 Å². The Bertz CT molecular complexity index is 488. The second-order valence-corrected chi connectivity index (χ2v) is 3.47. The Balaban J connectivity index is 3.05. The monoisotopic (exact) mass is 255 g/mol. The summed E-state index contributed by atoms with van der Waals surface area (Å²) in [5.41, 5.74) is -0.502. The van der Waals surface area contributed by atoms with Crippen molar-refractivity contribution in [1.29, 1.82) is 0 Å². The minimum atomic E-state index is -1.29. The number of nitrogens with zero attached hydrogens (tertiary/aromatic N) is 1. The van der Waals surface area contributed by atoms with Gasteiger partial charge in [-0.05, 0) is 12.1 Å². The molecule has 0 fully saturated rings. The summed E-state index contributed by atoms with van der Waals surface area (Å²) in [4.78, 5) is 23.3. The van der Waals surface area contributed by atoms with E-state index in [1.54, 1.807) is 0 Å². The zero-order chi connectivity index (χ0) is 13.7. The molecule has 0 aromatic heterocycles. The molecule has 0 saturated carbocycles. The summed E-state index contributed by atoms with van der Waals surface area (Å²) in [7, 11) is 0. The van der Waals surface area contributed by atoms with Crippen molar-refractivity contribution in [3.05, 3.63) is 48.1 Å². The van der Waals surface area contributed by atoms with Gasteiger partial charge in [0, 0.05) is 6.54 Å². The standard InChI is InChI=1S/C12H11F2NO3/c1-2-6-15(7-10(16)17)12(18)8-4-3-5-9(13)11(8)14/h2-5H,1,6-7H2,(H,16,17). The average molecular weight is 255 g/mol. The van der Waals surface area contributed by atoms with E-state index in [4.69, 9.17) is 5.11 Å². The van der Waals surface area contributed by atoms with Gasteiger partial charge in [-0.25, -0.2) is 8.78 Å². The Kier molecular flexibility index (Phi) is 4.53. The molecule has 0 spiro atoms. The van der Waals surface area contributed by atoms with Crippen molar-refractivity contribution in [2.75, 3.05) is 13.1 Å². The number of carbonyl (C=O) groups is 2. The third kappa shape index (κ3) is 3.13. The number of hydrogen-bond acceptors (Lipinski definition) is 2. The molecule has 0 atom stereocenters. The minimum absolute atomic E-state index is 0.0684. The molecule has 1 amide bonds. The molecule has 4 nitrogen and oxygen atoms in total. The molecule has 0 saturated heterocycles. The molecule has 6 heteroatoms. The first-order valence-electron chi connectivity index (χ1n) is 5.03. The van der Waals surface area contributed by atoms with Crippen LogP contribution in [0, 0.1) is 11.6 Å². The molecule has 0 radical (unpaired) electrons. The fourth-order valence-corrected chi connectivity index (χ4v) is 1.38. The summed E-state index contributed by atoms with van der Waals surface area (Å²) in [5, 5.41) is 8.63. The number of rotatable bonds is 5. The van der Waals surface area contributed by atoms with E-state index in [2.05, 4.69) is 6.58 Å². The zero-order valence-electron chi connectivity index (χ0n) is 9.40. The maximum Gasteiger partial charge on any atom is 0.323 e. The summed E-state index contributed by atoms with van der Waals surface area (Å²) in [5.74, 6) is -4.59. The van der Waals surface area contributed by atoms with E-state index < -0.39 is 35.6 Å². The summed E-state index contributed by atoms with van der Waals surface area (Å²) < 4.78 is 26.4. The first-order valence-corrected chi connectivity index (χ1v) is 5.03. The van der Waals surface area contributed by atoms with E-state index in [0.29, 0.717) is 0 Å². The van der Waals surface area contributed by atoms with Gasteiger partial charge >= 0.3 is 5.97 Å². The maximum absolute atomic E-state index is 13.4. The molecular weight excluding hydrogens is 244 g/mol. The lowest BCUT2D eigenvalue weighted by Crippen LogP contribution is -2.36. The fourth-order valence-electron chi connectivity index (χ4n) is 1.38. The van der Waals surface area contributed by atoms with Gasteiger partial charge in [-0.1, -0.05) is 12.1 Å². The number of amides is 1. The number of halogens is 2. The van der Waals surface area contributed by atoms with Gasteiger partial charge in [-0.3, -0.25) is 9.59 Å². The van der Waals surface area contributed by atoms with Crippen molar-refractivity contribution in [3.8, 4) is 0 Å². The second-order valence-electron chi connectivity index (χ2n) is 3.47. The highest BCUT2D eigenvalue weighted by Crippen LogP contribution is 2.13. The number of carbonyl (C=O) groups excluding carboxylic acids is 1. The van der Waals surface area contributed by atoms with Gasteiger partial charge in [0.15, 0.2) is 11.6 Å². The van der Waals surface area contributed by atoms with Gasteiger partial charge in [0.25, 0.3) is 5.91 Å². The number of benzene rings is 1.